The topological polar surface area (TPSA) is 26.3 Å². The average Bonchev–Trinajstić information content (AvgIpc) is 2.26. The van der Waals surface area contributed by atoms with Crippen LogP contribution in [-0.2, 0) is 10.2 Å². The molecule has 1 rings (SSSR count). The van der Waals surface area contributed by atoms with E-state index in [-0.39, 0.29) is 11.3 Å². The van der Waals surface area contributed by atoms with E-state index in [2.05, 4.69) is 39.8 Å². The van der Waals surface area contributed by atoms with Crippen molar-refractivity contribution in [3.05, 3.63) is 28.8 Å². The Bertz CT molecular complexity index is 484. The highest BCUT2D eigenvalue weighted by Gasteiger charge is 2.30. The Balaban J connectivity index is 3.25. The lowest BCUT2D eigenvalue weighted by atomic mass is 9.76. The van der Waals surface area contributed by atoms with E-state index in [0.717, 1.165) is 5.75 Å². The molecule has 0 atom stereocenters. The molecule has 0 radical (unpaired) electrons. The molecule has 1 aromatic carbocycles. The summed E-state index contributed by atoms with van der Waals surface area (Å²) in [6.45, 7) is 15.0. The second-order valence-corrected chi connectivity index (χ2v) is 6.57. The highest BCUT2D eigenvalue weighted by Crippen LogP contribution is 2.38. The molecule has 0 amide bonds. The highest BCUT2D eigenvalue weighted by atomic mass is 16.5. The van der Waals surface area contributed by atoms with E-state index in [1.807, 2.05) is 20.8 Å². The van der Waals surface area contributed by atoms with Gasteiger partial charge in [-0.05, 0) is 38.0 Å². The molecule has 0 fully saturated rings. The third-order valence-corrected chi connectivity index (χ3v) is 3.68. The van der Waals surface area contributed by atoms with E-state index < -0.39 is 0 Å². The largest absolute Gasteiger partial charge is 0.494 e. The zero-order valence-corrected chi connectivity index (χ0v) is 14.0. The fourth-order valence-corrected chi connectivity index (χ4v) is 2.79. The van der Waals surface area contributed by atoms with Crippen LogP contribution in [0.3, 0.4) is 0 Å². The SMILES string of the molecule is CCOc1cc(C)cc(C)c1C(C)(C)CC(=O)C(C)C. The number of benzene rings is 1. The lowest BCUT2D eigenvalue weighted by molar-refractivity contribution is -0.122. The van der Waals surface area contributed by atoms with Crippen molar-refractivity contribution >= 4 is 5.78 Å². The molecule has 112 valence electrons. The van der Waals surface area contributed by atoms with E-state index in [1.54, 1.807) is 0 Å². The molecule has 0 bridgehead atoms. The molecule has 2 nitrogen and oxygen atoms in total. The van der Waals surface area contributed by atoms with Gasteiger partial charge < -0.3 is 4.74 Å². The minimum atomic E-state index is -0.205. The maximum absolute atomic E-state index is 12.1. The predicted octanol–water partition coefficient (Wildman–Crippen LogP) is 4.59. The van der Waals surface area contributed by atoms with Gasteiger partial charge in [-0.25, -0.2) is 0 Å². The number of ketones is 1. The van der Waals surface area contributed by atoms with E-state index in [4.69, 9.17) is 4.74 Å². The zero-order valence-electron chi connectivity index (χ0n) is 14.0. The standard InChI is InChI=1S/C18H28O2/c1-8-20-16-10-13(4)9-14(5)17(16)18(6,7)11-15(19)12(2)3/h9-10,12H,8,11H2,1-7H3. The van der Waals surface area contributed by atoms with Crippen molar-refractivity contribution in [3.8, 4) is 5.75 Å². The molecule has 1 aromatic rings. The number of rotatable bonds is 6. The summed E-state index contributed by atoms with van der Waals surface area (Å²) in [5.41, 5.74) is 3.36. The number of ether oxygens (including phenoxy) is 1. The molecule has 2 heteroatoms. The van der Waals surface area contributed by atoms with Gasteiger partial charge in [0.15, 0.2) is 0 Å². The third-order valence-electron chi connectivity index (χ3n) is 3.68. The summed E-state index contributed by atoms with van der Waals surface area (Å²) < 4.78 is 5.82. The molecule has 0 heterocycles. The highest BCUT2D eigenvalue weighted by molar-refractivity contribution is 5.82. The van der Waals surface area contributed by atoms with Gasteiger partial charge in [-0.2, -0.15) is 0 Å². The van der Waals surface area contributed by atoms with Crippen LogP contribution in [0.1, 0.15) is 57.7 Å². The van der Waals surface area contributed by atoms with Gasteiger partial charge in [0, 0.05) is 23.3 Å². The van der Waals surface area contributed by atoms with Crippen molar-refractivity contribution in [2.24, 2.45) is 5.92 Å². The number of carbonyl (C=O) groups is 1. The maximum Gasteiger partial charge on any atom is 0.136 e. The van der Waals surface area contributed by atoms with Crippen LogP contribution in [0, 0.1) is 19.8 Å². The summed E-state index contributed by atoms with van der Waals surface area (Å²) in [7, 11) is 0. The molecular weight excluding hydrogens is 248 g/mol. The normalized spacial score (nSPS) is 11.8. The predicted molar refractivity (Wildman–Crippen MR) is 84.6 cm³/mol. The first-order valence-corrected chi connectivity index (χ1v) is 7.46. The molecule has 0 aliphatic carbocycles. The Kier molecular flexibility index (Phi) is 5.38. The van der Waals surface area contributed by atoms with E-state index in [1.165, 1.54) is 16.7 Å². The first-order valence-electron chi connectivity index (χ1n) is 7.46. The van der Waals surface area contributed by atoms with Gasteiger partial charge in [0.25, 0.3) is 0 Å². The number of hydrogen-bond acceptors (Lipinski definition) is 2. The maximum atomic E-state index is 12.1. The van der Waals surface area contributed by atoms with Crippen LogP contribution in [0.25, 0.3) is 0 Å². The monoisotopic (exact) mass is 276 g/mol. The lowest BCUT2D eigenvalue weighted by Crippen LogP contribution is -2.26. The summed E-state index contributed by atoms with van der Waals surface area (Å²) in [6.07, 6.45) is 0.550. The van der Waals surface area contributed by atoms with Crippen molar-refractivity contribution < 1.29 is 9.53 Å². The van der Waals surface area contributed by atoms with Crippen LogP contribution in [0.15, 0.2) is 12.1 Å². The van der Waals surface area contributed by atoms with Gasteiger partial charge in [-0.15, -0.1) is 0 Å². The van der Waals surface area contributed by atoms with Crippen LogP contribution >= 0.6 is 0 Å². The van der Waals surface area contributed by atoms with Crippen molar-refractivity contribution in [1.82, 2.24) is 0 Å². The van der Waals surface area contributed by atoms with Crippen molar-refractivity contribution in [2.75, 3.05) is 6.61 Å². The minimum absolute atomic E-state index is 0.0792. The van der Waals surface area contributed by atoms with Crippen LogP contribution < -0.4 is 4.74 Å². The van der Waals surface area contributed by atoms with Gasteiger partial charge in [-0.1, -0.05) is 33.8 Å². The molecule has 0 aliphatic rings. The first-order chi connectivity index (χ1) is 9.19. The Morgan fingerprint density at radius 1 is 1.25 bits per heavy atom. The number of Topliss-reactive ketones (excluding diaryl/α,β-unsaturated/α-hetero) is 1. The summed E-state index contributed by atoms with van der Waals surface area (Å²) in [4.78, 5) is 12.1. The van der Waals surface area contributed by atoms with Gasteiger partial charge in [0.2, 0.25) is 0 Å². The smallest absolute Gasteiger partial charge is 0.136 e. The fourth-order valence-electron chi connectivity index (χ4n) is 2.79. The summed E-state index contributed by atoms with van der Waals surface area (Å²) >= 11 is 0. The molecule has 0 aromatic heterocycles. The number of hydrogen-bond donors (Lipinski definition) is 0. The molecule has 0 spiro atoms. The molecule has 0 unspecified atom stereocenters. The fraction of sp³-hybridized carbons (Fsp3) is 0.611. The second-order valence-electron chi connectivity index (χ2n) is 6.57. The Labute approximate surface area is 123 Å². The van der Waals surface area contributed by atoms with E-state index in [0.29, 0.717) is 18.8 Å². The van der Waals surface area contributed by atoms with Crippen molar-refractivity contribution in [2.45, 2.75) is 60.3 Å². The quantitative estimate of drug-likeness (QED) is 0.759. The number of carbonyl (C=O) groups excluding carboxylic acids is 1. The number of aryl methyl sites for hydroxylation is 2. The third kappa shape index (κ3) is 3.84. The Morgan fingerprint density at radius 3 is 2.35 bits per heavy atom. The Hall–Kier alpha value is -1.31. The lowest BCUT2D eigenvalue weighted by Gasteiger charge is -2.29. The van der Waals surface area contributed by atoms with Gasteiger partial charge in [-0.3, -0.25) is 4.79 Å². The van der Waals surface area contributed by atoms with Crippen molar-refractivity contribution in [3.63, 3.8) is 0 Å². The van der Waals surface area contributed by atoms with Crippen LogP contribution in [-0.4, -0.2) is 12.4 Å². The first kappa shape index (κ1) is 16.7. The van der Waals surface area contributed by atoms with Crippen LogP contribution in [0.4, 0.5) is 0 Å². The van der Waals surface area contributed by atoms with Gasteiger partial charge in [0.1, 0.15) is 11.5 Å². The second kappa shape index (κ2) is 6.43. The van der Waals surface area contributed by atoms with Crippen molar-refractivity contribution in [1.29, 1.82) is 0 Å². The zero-order chi connectivity index (χ0) is 15.5. The Morgan fingerprint density at radius 2 is 1.85 bits per heavy atom. The van der Waals surface area contributed by atoms with Gasteiger partial charge in [0.05, 0.1) is 6.61 Å². The molecule has 0 aliphatic heterocycles. The molecule has 0 N–H and O–H groups in total. The average molecular weight is 276 g/mol. The molecule has 20 heavy (non-hydrogen) atoms. The molecular formula is C18H28O2. The summed E-state index contributed by atoms with van der Waals surface area (Å²) in [6, 6.07) is 4.24. The van der Waals surface area contributed by atoms with Gasteiger partial charge >= 0.3 is 0 Å². The summed E-state index contributed by atoms with van der Waals surface area (Å²) in [5.74, 6) is 1.31. The van der Waals surface area contributed by atoms with E-state index in [9.17, 15) is 4.79 Å². The van der Waals surface area contributed by atoms with E-state index >= 15 is 0 Å². The minimum Gasteiger partial charge on any atom is -0.494 e. The summed E-state index contributed by atoms with van der Waals surface area (Å²) in [5, 5.41) is 0. The molecule has 0 saturated heterocycles. The van der Waals surface area contributed by atoms with Crippen LogP contribution in [0.5, 0.6) is 5.75 Å². The molecule has 0 saturated carbocycles. The van der Waals surface area contributed by atoms with Crippen LogP contribution in [0.2, 0.25) is 0 Å².